The molecule has 1 N–H and O–H groups in total. The van der Waals surface area contributed by atoms with Crippen LogP contribution in [0.15, 0.2) is 55.5 Å². The van der Waals surface area contributed by atoms with Gasteiger partial charge in [0.1, 0.15) is 17.9 Å². The van der Waals surface area contributed by atoms with Crippen molar-refractivity contribution in [3.8, 4) is 22.5 Å². The summed E-state index contributed by atoms with van der Waals surface area (Å²) in [6, 6.07) is 3.87. The van der Waals surface area contributed by atoms with Gasteiger partial charge in [0.2, 0.25) is 0 Å². The molecule has 6 rings (SSSR count). The van der Waals surface area contributed by atoms with Gasteiger partial charge in [-0.05, 0) is 32.8 Å². The van der Waals surface area contributed by atoms with E-state index in [0.29, 0.717) is 35.9 Å². The van der Waals surface area contributed by atoms with E-state index in [9.17, 15) is 13.2 Å². The highest BCUT2D eigenvalue weighted by Crippen LogP contribution is 2.34. The van der Waals surface area contributed by atoms with Gasteiger partial charge in [0, 0.05) is 53.4 Å². The van der Waals surface area contributed by atoms with E-state index < -0.39 is 10.0 Å². The molecule has 0 saturated heterocycles. The van der Waals surface area contributed by atoms with Crippen molar-refractivity contribution in [2.24, 2.45) is 0 Å². The molecule has 0 radical (unpaired) electrons. The van der Waals surface area contributed by atoms with Gasteiger partial charge in [0.15, 0.2) is 5.82 Å². The number of rotatable bonds is 9. The van der Waals surface area contributed by atoms with Gasteiger partial charge in [-0.2, -0.15) is 14.3 Å². The minimum absolute atomic E-state index is 0.195. The van der Waals surface area contributed by atoms with Crippen LogP contribution < -0.4 is 5.32 Å². The molecule has 0 amide bonds. The third-order valence-corrected chi connectivity index (χ3v) is 8.45. The second kappa shape index (κ2) is 9.17. The number of aromatic nitrogens is 8. The van der Waals surface area contributed by atoms with Gasteiger partial charge in [-0.3, -0.25) is 4.68 Å². The maximum absolute atomic E-state index is 12.5. The molecule has 0 aromatic carbocycles. The second-order valence-corrected chi connectivity index (χ2v) is 11.6. The Labute approximate surface area is 218 Å². The average molecular weight is 532 g/mol. The molecule has 0 unspecified atom stereocenters. The summed E-state index contributed by atoms with van der Waals surface area (Å²) in [7, 11) is -3.46. The van der Waals surface area contributed by atoms with E-state index in [1.54, 1.807) is 29.3 Å². The number of anilines is 2. The van der Waals surface area contributed by atoms with Crippen molar-refractivity contribution in [2.75, 3.05) is 5.32 Å². The number of aldehydes is 1. The lowest BCUT2D eigenvalue weighted by Crippen LogP contribution is -2.17. The van der Waals surface area contributed by atoms with Crippen LogP contribution in [0.25, 0.3) is 33.4 Å². The lowest BCUT2D eigenvalue weighted by Gasteiger charge is -2.10. The summed E-state index contributed by atoms with van der Waals surface area (Å²) in [6.07, 6.45) is 14.1. The molecule has 1 fully saturated rings. The number of nitrogens with zero attached hydrogens (tertiary/aromatic N) is 8. The van der Waals surface area contributed by atoms with Crippen LogP contribution in [0.1, 0.15) is 32.7 Å². The summed E-state index contributed by atoms with van der Waals surface area (Å²) in [5.74, 6) is 1.46. The highest BCUT2D eigenvalue weighted by molar-refractivity contribution is 7.90. The molecule has 38 heavy (non-hydrogen) atoms. The Morgan fingerprint density at radius 3 is 2.63 bits per heavy atom. The Kier molecular flexibility index (Phi) is 5.79. The Morgan fingerprint density at radius 2 is 1.87 bits per heavy atom. The van der Waals surface area contributed by atoms with E-state index in [-0.39, 0.29) is 17.8 Å². The smallest absolute Gasteiger partial charge is 0.256 e. The van der Waals surface area contributed by atoms with Gasteiger partial charge in [-0.25, -0.2) is 23.4 Å². The molecule has 0 bridgehead atoms. The molecule has 5 heterocycles. The standard InChI is InChI=1S/C25H25N9O3S/c1-16(2)33-15-21(17-10-28-32(13-17)7-8-35)20-12-27-24(9-22(20)33)30-23-5-6-26-25(31-23)18-11-29-34(14-18)38(36,37)19-3-4-19/h5-6,8-16,19H,3-4,7H2,1-2H3,(H,26,27,30,31). The highest BCUT2D eigenvalue weighted by atomic mass is 32.2. The van der Waals surface area contributed by atoms with Crippen LogP contribution >= 0.6 is 0 Å². The molecule has 1 aliphatic carbocycles. The van der Waals surface area contributed by atoms with E-state index in [1.165, 1.54) is 12.4 Å². The first kappa shape index (κ1) is 24.0. The molecule has 1 aliphatic rings. The molecule has 194 valence electrons. The molecule has 0 spiro atoms. The first-order valence-corrected chi connectivity index (χ1v) is 13.7. The van der Waals surface area contributed by atoms with E-state index in [4.69, 9.17) is 0 Å². The lowest BCUT2D eigenvalue weighted by molar-refractivity contribution is -0.108. The van der Waals surface area contributed by atoms with E-state index in [2.05, 4.69) is 55.1 Å². The molecular formula is C25H25N9O3S. The number of pyridine rings is 1. The van der Waals surface area contributed by atoms with Crippen molar-refractivity contribution in [2.45, 2.75) is 44.5 Å². The van der Waals surface area contributed by atoms with Gasteiger partial charge in [-0.15, -0.1) is 0 Å². The summed E-state index contributed by atoms with van der Waals surface area (Å²) in [5.41, 5.74) is 3.38. The summed E-state index contributed by atoms with van der Waals surface area (Å²) in [5, 5.41) is 12.1. The van der Waals surface area contributed by atoms with Crippen molar-refractivity contribution in [3.05, 3.63) is 55.5 Å². The molecular weight excluding hydrogens is 506 g/mol. The van der Waals surface area contributed by atoms with Crippen LogP contribution in [0.4, 0.5) is 11.6 Å². The van der Waals surface area contributed by atoms with Crippen molar-refractivity contribution in [1.29, 1.82) is 0 Å². The number of hydrogen-bond donors (Lipinski definition) is 1. The largest absolute Gasteiger partial charge is 0.344 e. The zero-order valence-corrected chi connectivity index (χ0v) is 21.6. The van der Waals surface area contributed by atoms with Gasteiger partial charge in [0.05, 0.1) is 41.5 Å². The summed E-state index contributed by atoms with van der Waals surface area (Å²) < 4.78 is 29.7. The van der Waals surface area contributed by atoms with Crippen LogP contribution in [0.5, 0.6) is 0 Å². The molecule has 5 aromatic rings. The zero-order chi connectivity index (χ0) is 26.4. The molecule has 5 aromatic heterocycles. The lowest BCUT2D eigenvalue weighted by atomic mass is 10.1. The summed E-state index contributed by atoms with van der Waals surface area (Å²) in [6.45, 7) is 4.41. The number of fused-ring (bicyclic) bond motifs is 1. The zero-order valence-electron chi connectivity index (χ0n) is 20.8. The Bertz CT molecular complexity index is 1760. The maximum atomic E-state index is 12.5. The molecule has 0 atom stereocenters. The first-order valence-electron chi connectivity index (χ1n) is 12.2. The van der Waals surface area contributed by atoms with Crippen LogP contribution in [0, 0.1) is 0 Å². The van der Waals surface area contributed by atoms with Crippen molar-refractivity contribution < 1.29 is 13.2 Å². The van der Waals surface area contributed by atoms with Gasteiger partial charge in [-0.1, -0.05) is 0 Å². The van der Waals surface area contributed by atoms with Gasteiger partial charge in [0.25, 0.3) is 10.0 Å². The SMILES string of the molecule is CC(C)n1cc(-c2cnn(CC=O)c2)c2cnc(Nc3ccnc(-c4cnn(S(=O)(=O)C5CC5)c4)n3)cc21. The fraction of sp³-hybridized carbons (Fsp3) is 0.280. The second-order valence-electron chi connectivity index (χ2n) is 9.48. The Morgan fingerprint density at radius 1 is 1.05 bits per heavy atom. The quantitative estimate of drug-likeness (QED) is 0.283. The molecule has 0 aliphatic heterocycles. The Balaban J connectivity index is 1.30. The third-order valence-electron chi connectivity index (χ3n) is 6.42. The van der Waals surface area contributed by atoms with E-state index in [1.807, 2.05) is 12.3 Å². The third kappa shape index (κ3) is 4.34. The predicted molar refractivity (Wildman–Crippen MR) is 141 cm³/mol. The van der Waals surface area contributed by atoms with Crippen molar-refractivity contribution in [3.63, 3.8) is 0 Å². The van der Waals surface area contributed by atoms with E-state index in [0.717, 1.165) is 32.4 Å². The summed E-state index contributed by atoms with van der Waals surface area (Å²) >= 11 is 0. The first-order chi connectivity index (χ1) is 18.3. The Hall–Kier alpha value is -4.39. The molecule has 13 heteroatoms. The average Bonchev–Trinajstić information content (AvgIpc) is 3.30. The number of carbonyl (C=O) groups is 1. The van der Waals surface area contributed by atoms with Gasteiger partial charge >= 0.3 is 0 Å². The van der Waals surface area contributed by atoms with Crippen LogP contribution in [0.2, 0.25) is 0 Å². The van der Waals surface area contributed by atoms with Crippen molar-refractivity contribution in [1.82, 2.24) is 38.5 Å². The number of hydrogen-bond acceptors (Lipinski definition) is 9. The minimum Gasteiger partial charge on any atom is -0.344 e. The topological polar surface area (TPSA) is 142 Å². The van der Waals surface area contributed by atoms with Crippen molar-refractivity contribution >= 4 is 38.8 Å². The molecule has 1 saturated carbocycles. The maximum Gasteiger partial charge on any atom is 0.256 e. The van der Waals surface area contributed by atoms with Crippen LogP contribution in [-0.4, -0.2) is 58.4 Å². The fourth-order valence-corrected chi connectivity index (χ4v) is 5.80. The van der Waals surface area contributed by atoms with Crippen LogP contribution in [0.3, 0.4) is 0 Å². The van der Waals surface area contributed by atoms with Crippen LogP contribution in [-0.2, 0) is 21.4 Å². The monoisotopic (exact) mass is 531 g/mol. The molecule has 12 nitrogen and oxygen atoms in total. The van der Waals surface area contributed by atoms with Gasteiger partial charge < -0.3 is 14.7 Å². The fourth-order valence-electron chi connectivity index (χ4n) is 4.33. The number of nitrogens with one attached hydrogen (secondary N) is 1. The number of carbonyl (C=O) groups excluding carboxylic acids is 1. The van der Waals surface area contributed by atoms with E-state index >= 15 is 0 Å². The summed E-state index contributed by atoms with van der Waals surface area (Å²) in [4.78, 5) is 24.3. The highest BCUT2D eigenvalue weighted by Gasteiger charge is 2.37. The minimum atomic E-state index is -3.46. The predicted octanol–water partition coefficient (Wildman–Crippen LogP) is 3.42. The normalized spacial score (nSPS) is 13.9.